The van der Waals surface area contributed by atoms with Crippen LogP contribution >= 0.6 is 24.0 Å². The average molecular weight is 389 g/mol. The summed E-state index contributed by atoms with van der Waals surface area (Å²) in [7, 11) is 0. The normalized spacial score (nSPS) is 15.9. The van der Waals surface area contributed by atoms with E-state index in [0.29, 0.717) is 5.96 Å². The highest BCUT2D eigenvalue weighted by atomic mass is 127. The molecule has 0 spiro atoms. The molecule has 1 saturated heterocycles. The summed E-state index contributed by atoms with van der Waals surface area (Å²) >= 11 is 0. The first-order chi connectivity index (χ1) is 9.15. The Bertz CT molecular complexity index is 436. The number of ether oxygens (including phenoxy) is 1. The summed E-state index contributed by atoms with van der Waals surface area (Å²) in [5, 5.41) is 0. The SMILES string of the molecule is Cc1cc(C)cc(CCN=C(N)N2CCOCC2)c1.I. The molecule has 2 rings (SSSR count). The van der Waals surface area contributed by atoms with Gasteiger partial charge in [-0.15, -0.1) is 24.0 Å². The molecule has 1 aromatic rings. The van der Waals surface area contributed by atoms with Gasteiger partial charge in [-0.05, 0) is 25.8 Å². The van der Waals surface area contributed by atoms with Crippen molar-refractivity contribution in [1.82, 2.24) is 4.90 Å². The van der Waals surface area contributed by atoms with Crippen molar-refractivity contribution < 1.29 is 4.74 Å². The van der Waals surface area contributed by atoms with Crippen LogP contribution in [0.25, 0.3) is 0 Å². The maximum absolute atomic E-state index is 5.99. The second-order valence-electron chi connectivity index (χ2n) is 5.09. The van der Waals surface area contributed by atoms with E-state index in [2.05, 4.69) is 41.9 Å². The fourth-order valence-corrected chi connectivity index (χ4v) is 2.41. The van der Waals surface area contributed by atoms with Gasteiger partial charge in [0.05, 0.1) is 13.2 Å². The number of benzene rings is 1. The molecule has 1 aromatic carbocycles. The molecule has 0 atom stereocenters. The van der Waals surface area contributed by atoms with Gasteiger partial charge in [-0.1, -0.05) is 29.3 Å². The van der Waals surface area contributed by atoms with Crippen LogP contribution in [0.1, 0.15) is 16.7 Å². The summed E-state index contributed by atoms with van der Waals surface area (Å²) < 4.78 is 5.30. The Hall–Kier alpha value is -0.820. The van der Waals surface area contributed by atoms with Crippen LogP contribution in [-0.2, 0) is 11.2 Å². The van der Waals surface area contributed by atoms with Gasteiger partial charge in [-0.2, -0.15) is 0 Å². The molecule has 2 N–H and O–H groups in total. The minimum Gasteiger partial charge on any atom is -0.378 e. The van der Waals surface area contributed by atoms with Gasteiger partial charge < -0.3 is 15.4 Å². The van der Waals surface area contributed by atoms with Gasteiger partial charge in [0, 0.05) is 19.6 Å². The Morgan fingerprint density at radius 3 is 2.40 bits per heavy atom. The van der Waals surface area contributed by atoms with E-state index in [1.165, 1.54) is 16.7 Å². The van der Waals surface area contributed by atoms with Crippen LogP contribution < -0.4 is 5.73 Å². The van der Waals surface area contributed by atoms with Crippen molar-refractivity contribution in [2.75, 3.05) is 32.8 Å². The molecule has 4 nitrogen and oxygen atoms in total. The number of nitrogens with two attached hydrogens (primary N) is 1. The van der Waals surface area contributed by atoms with Gasteiger partial charge in [-0.25, -0.2) is 0 Å². The fraction of sp³-hybridized carbons (Fsp3) is 0.533. The Labute approximate surface area is 138 Å². The van der Waals surface area contributed by atoms with E-state index >= 15 is 0 Å². The summed E-state index contributed by atoms with van der Waals surface area (Å²) in [6, 6.07) is 6.62. The quantitative estimate of drug-likeness (QED) is 0.490. The predicted octanol–water partition coefficient (Wildman–Crippen LogP) is 2.11. The third-order valence-corrected chi connectivity index (χ3v) is 3.29. The minimum atomic E-state index is 0. The third-order valence-electron chi connectivity index (χ3n) is 3.29. The Balaban J connectivity index is 0.00000200. The maximum atomic E-state index is 5.99. The summed E-state index contributed by atoms with van der Waals surface area (Å²) in [6.45, 7) is 8.17. The van der Waals surface area contributed by atoms with Crippen LogP contribution in [0.15, 0.2) is 23.2 Å². The molecule has 112 valence electrons. The van der Waals surface area contributed by atoms with Crippen molar-refractivity contribution in [3.8, 4) is 0 Å². The van der Waals surface area contributed by atoms with Crippen LogP contribution in [0.5, 0.6) is 0 Å². The lowest BCUT2D eigenvalue weighted by Gasteiger charge is -2.27. The van der Waals surface area contributed by atoms with E-state index < -0.39 is 0 Å². The van der Waals surface area contributed by atoms with Crippen LogP contribution in [0.2, 0.25) is 0 Å². The molecule has 0 radical (unpaired) electrons. The number of halogens is 1. The number of aliphatic imine (C=N–C) groups is 1. The Morgan fingerprint density at radius 2 is 1.80 bits per heavy atom. The van der Waals surface area contributed by atoms with E-state index in [-0.39, 0.29) is 24.0 Å². The molecule has 0 saturated carbocycles. The molecular formula is C15H24IN3O. The lowest BCUT2D eigenvalue weighted by molar-refractivity contribution is 0.0674. The first-order valence-electron chi connectivity index (χ1n) is 6.85. The van der Waals surface area contributed by atoms with Gasteiger partial charge in [0.2, 0.25) is 0 Å². The first kappa shape index (κ1) is 17.2. The summed E-state index contributed by atoms with van der Waals surface area (Å²) in [4.78, 5) is 6.56. The molecule has 20 heavy (non-hydrogen) atoms. The molecule has 0 aromatic heterocycles. The predicted molar refractivity (Wildman–Crippen MR) is 93.9 cm³/mol. The smallest absolute Gasteiger partial charge is 0.191 e. The number of morpholine rings is 1. The molecular weight excluding hydrogens is 365 g/mol. The maximum Gasteiger partial charge on any atom is 0.191 e. The summed E-state index contributed by atoms with van der Waals surface area (Å²) in [5.74, 6) is 0.646. The molecule has 0 bridgehead atoms. The van der Waals surface area contributed by atoms with Crippen molar-refractivity contribution >= 4 is 29.9 Å². The zero-order valence-corrected chi connectivity index (χ0v) is 14.6. The molecule has 0 unspecified atom stereocenters. The molecule has 1 aliphatic heterocycles. The molecule has 1 aliphatic rings. The number of nitrogens with zero attached hydrogens (tertiary/aromatic N) is 2. The van der Waals surface area contributed by atoms with E-state index in [1.54, 1.807) is 0 Å². The van der Waals surface area contributed by atoms with Crippen molar-refractivity contribution in [3.63, 3.8) is 0 Å². The van der Waals surface area contributed by atoms with Gasteiger partial charge in [0.15, 0.2) is 5.96 Å². The highest BCUT2D eigenvalue weighted by molar-refractivity contribution is 14.0. The fourth-order valence-electron chi connectivity index (χ4n) is 2.41. The number of hydrogen-bond acceptors (Lipinski definition) is 2. The van der Waals surface area contributed by atoms with Crippen molar-refractivity contribution in [2.24, 2.45) is 10.7 Å². The summed E-state index contributed by atoms with van der Waals surface area (Å²) in [5.41, 5.74) is 9.93. The van der Waals surface area contributed by atoms with Crippen LogP contribution in [0.3, 0.4) is 0 Å². The molecule has 1 heterocycles. The van der Waals surface area contributed by atoms with Gasteiger partial charge in [-0.3, -0.25) is 4.99 Å². The Morgan fingerprint density at radius 1 is 1.20 bits per heavy atom. The van der Waals surface area contributed by atoms with Crippen molar-refractivity contribution in [3.05, 3.63) is 34.9 Å². The molecule has 5 heteroatoms. The lowest BCUT2D eigenvalue weighted by Crippen LogP contribution is -2.44. The largest absolute Gasteiger partial charge is 0.378 e. The van der Waals surface area contributed by atoms with E-state index in [4.69, 9.17) is 10.5 Å². The van der Waals surface area contributed by atoms with Gasteiger partial charge in [0.25, 0.3) is 0 Å². The van der Waals surface area contributed by atoms with E-state index in [9.17, 15) is 0 Å². The second kappa shape index (κ2) is 8.46. The third kappa shape index (κ3) is 5.28. The topological polar surface area (TPSA) is 50.8 Å². The second-order valence-corrected chi connectivity index (χ2v) is 5.09. The van der Waals surface area contributed by atoms with E-state index in [1.807, 2.05) is 0 Å². The molecule has 1 fully saturated rings. The number of guanidine groups is 1. The summed E-state index contributed by atoms with van der Waals surface area (Å²) in [6.07, 6.45) is 0.938. The lowest BCUT2D eigenvalue weighted by atomic mass is 10.1. The molecule has 0 aliphatic carbocycles. The van der Waals surface area contributed by atoms with Crippen LogP contribution in [-0.4, -0.2) is 43.7 Å². The monoisotopic (exact) mass is 389 g/mol. The van der Waals surface area contributed by atoms with Crippen LogP contribution in [0.4, 0.5) is 0 Å². The van der Waals surface area contributed by atoms with Crippen molar-refractivity contribution in [2.45, 2.75) is 20.3 Å². The van der Waals surface area contributed by atoms with Crippen LogP contribution in [0, 0.1) is 13.8 Å². The average Bonchev–Trinajstić information content (AvgIpc) is 2.38. The number of aryl methyl sites for hydroxylation is 2. The zero-order valence-electron chi connectivity index (χ0n) is 12.3. The first-order valence-corrected chi connectivity index (χ1v) is 6.85. The minimum absolute atomic E-state index is 0. The highest BCUT2D eigenvalue weighted by Crippen LogP contribution is 2.09. The zero-order chi connectivity index (χ0) is 13.7. The van der Waals surface area contributed by atoms with E-state index in [0.717, 1.165) is 39.3 Å². The van der Waals surface area contributed by atoms with Gasteiger partial charge >= 0.3 is 0 Å². The Kier molecular flexibility index (Phi) is 7.29. The highest BCUT2D eigenvalue weighted by Gasteiger charge is 2.11. The number of rotatable bonds is 3. The standard InChI is InChI=1S/C15H23N3O.HI/c1-12-9-13(2)11-14(10-12)3-4-17-15(16)18-5-7-19-8-6-18;/h9-11H,3-8H2,1-2H3,(H2,16,17);1H. The van der Waals surface area contributed by atoms with Gasteiger partial charge in [0.1, 0.15) is 0 Å². The number of hydrogen-bond donors (Lipinski definition) is 1. The molecule has 0 amide bonds. The van der Waals surface area contributed by atoms with Crippen molar-refractivity contribution in [1.29, 1.82) is 0 Å².